The fraction of sp³-hybridized carbons (Fsp3) is 0.833. The van der Waals surface area contributed by atoms with Gasteiger partial charge >= 0.3 is 5.97 Å². The first-order chi connectivity index (χ1) is 15.7. The van der Waals surface area contributed by atoms with E-state index in [1.165, 1.54) is 0 Å². The number of carbonyl (C=O) groups is 1. The second-order valence-corrected chi connectivity index (χ2v) is 13.6. The van der Waals surface area contributed by atoms with Crippen molar-refractivity contribution in [3.05, 3.63) is 23.3 Å². The molecule has 0 amide bonds. The molecule has 0 saturated heterocycles. The van der Waals surface area contributed by atoms with E-state index in [1.54, 1.807) is 11.1 Å². The van der Waals surface area contributed by atoms with Crippen LogP contribution in [0.5, 0.6) is 0 Å². The Labute approximate surface area is 206 Å². The lowest BCUT2D eigenvalue weighted by atomic mass is 9.43. The highest BCUT2D eigenvalue weighted by Crippen LogP contribution is 2.72. The minimum Gasteiger partial charge on any atom is -0.481 e. The monoisotopic (exact) mass is 472 g/mol. The van der Waals surface area contributed by atoms with Crippen LogP contribution >= 0.6 is 0 Å². The first-order valence-corrected chi connectivity index (χ1v) is 13.7. The molecular formula is C30H48O4. The summed E-state index contributed by atoms with van der Waals surface area (Å²) in [6, 6.07) is 0. The molecule has 0 aromatic carbocycles. The van der Waals surface area contributed by atoms with Gasteiger partial charge in [-0.25, -0.2) is 0 Å². The predicted octanol–water partition coefficient (Wildman–Crippen LogP) is 6.51. The van der Waals surface area contributed by atoms with Crippen molar-refractivity contribution in [2.24, 2.45) is 39.4 Å². The van der Waals surface area contributed by atoms with Crippen molar-refractivity contribution in [1.29, 1.82) is 0 Å². The largest absolute Gasteiger partial charge is 0.481 e. The van der Waals surface area contributed by atoms with Crippen LogP contribution in [0, 0.1) is 39.4 Å². The van der Waals surface area contributed by atoms with Crippen LogP contribution in [0.2, 0.25) is 0 Å². The van der Waals surface area contributed by atoms with E-state index in [9.17, 15) is 20.1 Å². The number of fused-ring (bicyclic) bond motifs is 4. The zero-order valence-electron chi connectivity index (χ0n) is 22.4. The van der Waals surface area contributed by atoms with Crippen molar-refractivity contribution in [2.75, 3.05) is 0 Å². The van der Waals surface area contributed by atoms with Crippen molar-refractivity contribution < 1.29 is 20.1 Å². The molecule has 0 unspecified atom stereocenters. The summed E-state index contributed by atoms with van der Waals surface area (Å²) >= 11 is 0. The predicted molar refractivity (Wildman–Crippen MR) is 136 cm³/mol. The zero-order chi connectivity index (χ0) is 25.3. The Morgan fingerprint density at radius 2 is 1.68 bits per heavy atom. The molecule has 0 bridgehead atoms. The van der Waals surface area contributed by atoms with Crippen molar-refractivity contribution in [1.82, 2.24) is 0 Å². The summed E-state index contributed by atoms with van der Waals surface area (Å²) in [5.41, 5.74) is 4.11. The van der Waals surface area contributed by atoms with Gasteiger partial charge in [0.25, 0.3) is 0 Å². The molecule has 0 aromatic rings. The average molecular weight is 473 g/mol. The molecule has 0 aromatic heterocycles. The molecular weight excluding hydrogens is 424 g/mol. The summed E-state index contributed by atoms with van der Waals surface area (Å²) in [7, 11) is 0. The second-order valence-electron chi connectivity index (χ2n) is 13.6. The number of rotatable bonds is 6. The third kappa shape index (κ3) is 3.57. The van der Waals surface area contributed by atoms with Gasteiger partial charge in [-0.3, -0.25) is 4.79 Å². The zero-order valence-corrected chi connectivity index (χ0v) is 22.4. The number of hydrogen-bond acceptors (Lipinski definition) is 3. The highest BCUT2D eigenvalue weighted by atomic mass is 16.4. The summed E-state index contributed by atoms with van der Waals surface area (Å²) in [6.07, 6.45) is 8.43. The number of aliphatic hydroxyl groups is 2. The summed E-state index contributed by atoms with van der Waals surface area (Å²) in [4.78, 5) is 12.5. The van der Waals surface area contributed by atoms with E-state index in [2.05, 4.69) is 41.2 Å². The molecule has 0 radical (unpaired) electrons. The van der Waals surface area contributed by atoms with Crippen LogP contribution < -0.4 is 0 Å². The Morgan fingerprint density at radius 3 is 2.29 bits per heavy atom. The quantitative estimate of drug-likeness (QED) is 0.385. The van der Waals surface area contributed by atoms with E-state index < -0.39 is 18.0 Å². The average Bonchev–Trinajstić information content (AvgIpc) is 3.02. The van der Waals surface area contributed by atoms with Gasteiger partial charge in [0, 0.05) is 0 Å². The SMILES string of the molecule is C=C(C)[C@H](O)CC[C@@H](C(=O)O)[C@H]1CC[C@@]2(C)C3=C(CC[C@]12C)[C@@]1(C)CC[C@H](O)C(C)(C)[C@H]1CC3. The van der Waals surface area contributed by atoms with Gasteiger partial charge in [0.2, 0.25) is 0 Å². The summed E-state index contributed by atoms with van der Waals surface area (Å²) < 4.78 is 0. The van der Waals surface area contributed by atoms with E-state index >= 15 is 0 Å². The first kappa shape index (κ1) is 25.9. The number of allylic oxidation sites excluding steroid dienone is 2. The highest BCUT2D eigenvalue weighted by molar-refractivity contribution is 5.70. The van der Waals surface area contributed by atoms with Crippen LogP contribution in [0.25, 0.3) is 0 Å². The molecule has 192 valence electrons. The highest BCUT2D eigenvalue weighted by Gasteiger charge is 2.64. The molecule has 4 nitrogen and oxygen atoms in total. The molecule has 0 heterocycles. The smallest absolute Gasteiger partial charge is 0.306 e. The van der Waals surface area contributed by atoms with Crippen LogP contribution in [0.3, 0.4) is 0 Å². The molecule has 4 aliphatic carbocycles. The van der Waals surface area contributed by atoms with E-state index in [0.29, 0.717) is 24.3 Å². The molecule has 2 fully saturated rings. The number of carboxylic acids is 1. The Kier molecular flexibility index (Phi) is 6.47. The summed E-state index contributed by atoms with van der Waals surface area (Å²) in [5, 5.41) is 31.3. The van der Waals surface area contributed by atoms with Gasteiger partial charge in [-0.15, -0.1) is 0 Å². The number of carboxylic acid groups (broad SMARTS) is 1. The molecule has 0 aliphatic heterocycles. The molecule has 4 aliphatic rings. The van der Waals surface area contributed by atoms with Gasteiger partial charge in [0.05, 0.1) is 18.1 Å². The molecule has 34 heavy (non-hydrogen) atoms. The minimum absolute atomic E-state index is 0.0318. The third-order valence-corrected chi connectivity index (χ3v) is 11.9. The number of aliphatic carboxylic acids is 1. The Bertz CT molecular complexity index is 886. The van der Waals surface area contributed by atoms with E-state index in [-0.39, 0.29) is 33.7 Å². The fourth-order valence-electron chi connectivity index (χ4n) is 9.44. The third-order valence-electron chi connectivity index (χ3n) is 11.9. The minimum atomic E-state index is -0.706. The number of hydrogen-bond donors (Lipinski definition) is 3. The maximum absolute atomic E-state index is 12.5. The van der Waals surface area contributed by atoms with Gasteiger partial charge in [-0.1, -0.05) is 57.9 Å². The van der Waals surface area contributed by atoms with Crippen molar-refractivity contribution in [3.8, 4) is 0 Å². The first-order valence-electron chi connectivity index (χ1n) is 13.7. The van der Waals surface area contributed by atoms with Crippen molar-refractivity contribution >= 4 is 5.97 Å². The molecule has 0 spiro atoms. The Balaban J connectivity index is 1.67. The van der Waals surface area contributed by atoms with Crippen LogP contribution in [0.4, 0.5) is 0 Å². The van der Waals surface area contributed by atoms with Crippen LogP contribution in [0.1, 0.15) is 106 Å². The molecule has 2 saturated carbocycles. The Hall–Kier alpha value is -1.13. The van der Waals surface area contributed by atoms with Gasteiger partial charge < -0.3 is 15.3 Å². The van der Waals surface area contributed by atoms with E-state index in [4.69, 9.17) is 0 Å². The summed E-state index contributed by atoms with van der Waals surface area (Å²) in [5.74, 6) is -0.485. The Morgan fingerprint density at radius 1 is 1.00 bits per heavy atom. The molecule has 4 rings (SSSR count). The normalized spacial score (nSPS) is 42.9. The van der Waals surface area contributed by atoms with Crippen LogP contribution in [-0.4, -0.2) is 33.5 Å². The lowest BCUT2D eigenvalue weighted by molar-refractivity contribution is -0.147. The second kappa shape index (κ2) is 8.47. The van der Waals surface area contributed by atoms with Crippen molar-refractivity contribution in [3.63, 3.8) is 0 Å². The van der Waals surface area contributed by atoms with Gasteiger partial charge in [0.1, 0.15) is 0 Å². The molecule has 4 heteroatoms. The molecule has 3 N–H and O–H groups in total. The maximum atomic E-state index is 12.5. The van der Waals surface area contributed by atoms with Gasteiger partial charge in [0.15, 0.2) is 0 Å². The maximum Gasteiger partial charge on any atom is 0.306 e. The standard InChI is InChI=1S/C30H48O4/c1-18(2)23(31)10-8-19(26(33)34)20-12-16-30(7)22-9-11-24-27(3,4)25(32)14-15-28(24,5)21(22)13-17-29(20,30)6/h19-20,23-25,31-32H,1,8-17H2,2-7H3,(H,33,34)/t19-,20-,23-,24-,25+,28-,29-,30+/m1/s1. The molecule has 8 atom stereocenters. The summed E-state index contributed by atoms with van der Waals surface area (Å²) in [6.45, 7) is 17.5. The van der Waals surface area contributed by atoms with Crippen molar-refractivity contribution in [2.45, 2.75) is 118 Å². The lowest BCUT2D eigenvalue weighted by Gasteiger charge is -2.62. The van der Waals surface area contributed by atoms with E-state index in [0.717, 1.165) is 51.4 Å². The van der Waals surface area contributed by atoms with Crippen LogP contribution in [-0.2, 0) is 4.79 Å². The lowest BCUT2D eigenvalue weighted by Crippen LogP contribution is -2.55. The fourth-order valence-corrected chi connectivity index (χ4v) is 9.44. The van der Waals surface area contributed by atoms with Gasteiger partial charge in [-0.2, -0.15) is 0 Å². The topological polar surface area (TPSA) is 77.8 Å². The van der Waals surface area contributed by atoms with E-state index in [1.807, 2.05) is 6.92 Å². The van der Waals surface area contributed by atoms with Crippen LogP contribution in [0.15, 0.2) is 23.3 Å². The van der Waals surface area contributed by atoms with Gasteiger partial charge in [-0.05, 0) is 105 Å². The number of aliphatic hydroxyl groups excluding tert-OH is 2.